The van der Waals surface area contributed by atoms with Gasteiger partial charge >= 0.3 is 4.87 Å². The molecule has 0 spiro atoms. The Balaban J connectivity index is 1.53. The highest BCUT2D eigenvalue weighted by molar-refractivity contribution is 7.16. The van der Waals surface area contributed by atoms with Crippen molar-refractivity contribution in [2.45, 2.75) is 25.3 Å². The highest BCUT2D eigenvalue weighted by Gasteiger charge is 2.56. The van der Waals surface area contributed by atoms with E-state index in [1.807, 2.05) is 30.3 Å². The maximum Gasteiger partial charge on any atom is 0.308 e. The van der Waals surface area contributed by atoms with Crippen molar-refractivity contribution in [1.82, 2.24) is 4.57 Å². The fourth-order valence-corrected chi connectivity index (χ4v) is 4.41. The van der Waals surface area contributed by atoms with Crippen LogP contribution in [0.3, 0.4) is 0 Å². The number of rotatable bonds is 3. The first-order chi connectivity index (χ1) is 12.0. The molecule has 1 saturated carbocycles. The van der Waals surface area contributed by atoms with Crippen LogP contribution in [0.5, 0.6) is 5.75 Å². The van der Waals surface area contributed by atoms with Crippen molar-refractivity contribution >= 4 is 21.6 Å². The molecule has 0 N–H and O–H groups in total. The molecule has 5 rings (SSSR count). The first kappa shape index (κ1) is 15.1. The van der Waals surface area contributed by atoms with E-state index in [0.29, 0.717) is 6.61 Å². The molecule has 6 heteroatoms. The number of aromatic nitrogens is 1. The van der Waals surface area contributed by atoms with Gasteiger partial charge in [0.2, 0.25) is 0 Å². The van der Waals surface area contributed by atoms with Gasteiger partial charge in [-0.25, -0.2) is 8.78 Å². The van der Waals surface area contributed by atoms with Gasteiger partial charge in [0.05, 0.1) is 16.8 Å². The molecular formula is C19H15F2NO2S. The minimum atomic E-state index is -2.61. The fraction of sp³-hybridized carbons (Fsp3) is 0.316. The lowest BCUT2D eigenvalue weighted by Gasteiger charge is -2.06. The van der Waals surface area contributed by atoms with Crippen molar-refractivity contribution in [1.29, 1.82) is 0 Å². The van der Waals surface area contributed by atoms with Gasteiger partial charge in [0.25, 0.3) is 5.92 Å². The average Bonchev–Trinajstić information content (AvgIpc) is 2.93. The monoisotopic (exact) mass is 359 g/mol. The third-order valence-electron chi connectivity index (χ3n) is 5.05. The van der Waals surface area contributed by atoms with E-state index in [1.165, 1.54) is 10.1 Å². The highest BCUT2D eigenvalue weighted by Crippen LogP contribution is 2.49. The molecule has 25 heavy (non-hydrogen) atoms. The minimum Gasteiger partial charge on any atom is -0.493 e. The quantitative estimate of drug-likeness (QED) is 0.697. The van der Waals surface area contributed by atoms with E-state index in [1.54, 1.807) is 0 Å². The van der Waals surface area contributed by atoms with Gasteiger partial charge in [-0.2, -0.15) is 0 Å². The Kier molecular flexibility index (Phi) is 3.10. The Morgan fingerprint density at radius 2 is 1.96 bits per heavy atom. The van der Waals surface area contributed by atoms with E-state index in [4.69, 9.17) is 4.74 Å². The summed E-state index contributed by atoms with van der Waals surface area (Å²) in [4.78, 5) is 12.1. The molecule has 1 unspecified atom stereocenters. The number of hydrogen-bond donors (Lipinski definition) is 0. The van der Waals surface area contributed by atoms with E-state index in [0.717, 1.165) is 44.9 Å². The normalized spacial score (nSPS) is 20.5. The molecule has 0 radical (unpaired) electrons. The van der Waals surface area contributed by atoms with E-state index >= 15 is 0 Å². The molecule has 3 aromatic rings. The number of halogens is 2. The number of thiazole rings is 1. The molecular weight excluding hydrogens is 344 g/mol. The molecule has 128 valence electrons. The molecule has 0 bridgehead atoms. The Morgan fingerprint density at radius 3 is 2.76 bits per heavy atom. The molecule has 1 fully saturated rings. The summed E-state index contributed by atoms with van der Waals surface area (Å²) in [5.74, 6) is -2.38. The molecule has 1 aromatic heterocycles. The van der Waals surface area contributed by atoms with Gasteiger partial charge in [-0.3, -0.25) is 9.36 Å². The zero-order valence-electron chi connectivity index (χ0n) is 13.3. The number of benzene rings is 2. The molecule has 1 atom stereocenters. The van der Waals surface area contributed by atoms with Crippen molar-refractivity contribution < 1.29 is 13.5 Å². The van der Waals surface area contributed by atoms with E-state index in [2.05, 4.69) is 6.07 Å². The van der Waals surface area contributed by atoms with Crippen LogP contribution in [-0.4, -0.2) is 17.1 Å². The molecule has 2 aromatic carbocycles. The molecule has 2 aliphatic rings. The molecule has 0 saturated heterocycles. The topological polar surface area (TPSA) is 31.2 Å². The summed E-state index contributed by atoms with van der Waals surface area (Å²) in [5.41, 5.74) is 4.03. The summed E-state index contributed by atoms with van der Waals surface area (Å²) < 4.78 is 34.2. The summed E-state index contributed by atoms with van der Waals surface area (Å²) in [7, 11) is 0. The van der Waals surface area contributed by atoms with Crippen molar-refractivity contribution in [3.05, 3.63) is 51.6 Å². The summed E-state index contributed by atoms with van der Waals surface area (Å²) in [6.07, 6.45) is 0.788. The standard InChI is InChI=1S/C19H15F2NO2S/c20-19(21)9-14(19)10-22-15-3-1-12(8-17(15)25-18(22)23)11-2-4-16-13(7-11)5-6-24-16/h1-4,7-8,14H,5-6,9-10H2. The van der Waals surface area contributed by atoms with E-state index < -0.39 is 11.8 Å². The van der Waals surface area contributed by atoms with Gasteiger partial charge < -0.3 is 4.74 Å². The Morgan fingerprint density at radius 1 is 1.20 bits per heavy atom. The SMILES string of the molecule is O=c1sc2cc(-c3ccc4c(c3)CCO4)ccc2n1CC1CC1(F)F. The molecule has 3 nitrogen and oxygen atoms in total. The molecule has 2 heterocycles. The summed E-state index contributed by atoms with van der Waals surface area (Å²) in [6, 6.07) is 11.9. The minimum absolute atomic E-state index is 0.0986. The van der Waals surface area contributed by atoms with Gasteiger partial charge in [-0.15, -0.1) is 0 Å². The Hall–Kier alpha value is -2.21. The fourth-order valence-electron chi connectivity index (χ4n) is 3.47. The van der Waals surface area contributed by atoms with Gasteiger partial charge in [0.1, 0.15) is 5.75 Å². The third kappa shape index (κ3) is 2.47. The largest absolute Gasteiger partial charge is 0.493 e. The Labute approximate surface area is 146 Å². The lowest BCUT2D eigenvalue weighted by molar-refractivity contribution is 0.0953. The number of hydrogen-bond acceptors (Lipinski definition) is 3. The van der Waals surface area contributed by atoms with Crippen molar-refractivity contribution in [2.24, 2.45) is 5.92 Å². The van der Waals surface area contributed by atoms with Crippen LogP contribution in [0.1, 0.15) is 12.0 Å². The smallest absolute Gasteiger partial charge is 0.308 e. The van der Waals surface area contributed by atoms with Crippen LogP contribution in [0.15, 0.2) is 41.2 Å². The second kappa shape index (κ2) is 5.14. The molecule has 1 aliphatic heterocycles. The lowest BCUT2D eigenvalue weighted by atomic mass is 10.0. The molecule has 0 amide bonds. The number of alkyl halides is 2. The summed E-state index contributed by atoms with van der Waals surface area (Å²) in [5, 5.41) is 0. The zero-order valence-corrected chi connectivity index (χ0v) is 14.1. The number of fused-ring (bicyclic) bond motifs is 2. The van der Waals surface area contributed by atoms with Crippen LogP contribution in [0.2, 0.25) is 0 Å². The van der Waals surface area contributed by atoms with Gasteiger partial charge in [-0.05, 0) is 41.0 Å². The van der Waals surface area contributed by atoms with Crippen molar-refractivity contribution in [3.8, 4) is 16.9 Å². The second-order valence-electron chi connectivity index (χ2n) is 6.74. The van der Waals surface area contributed by atoms with Crippen molar-refractivity contribution in [3.63, 3.8) is 0 Å². The second-order valence-corrected chi connectivity index (χ2v) is 7.74. The highest BCUT2D eigenvalue weighted by atomic mass is 32.1. The average molecular weight is 359 g/mol. The van der Waals surface area contributed by atoms with Gasteiger partial charge in [0.15, 0.2) is 0 Å². The summed E-state index contributed by atoms with van der Waals surface area (Å²) in [6.45, 7) is 0.815. The number of nitrogens with zero attached hydrogens (tertiary/aromatic N) is 1. The predicted molar refractivity (Wildman–Crippen MR) is 93.8 cm³/mol. The first-order valence-electron chi connectivity index (χ1n) is 8.28. The maximum atomic E-state index is 13.2. The van der Waals surface area contributed by atoms with Crippen LogP contribution in [0, 0.1) is 5.92 Å². The Bertz CT molecular complexity index is 1050. The number of ether oxygens (including phenoxy) is 1. The van der Waals surface area contributed by atoms with Crippen LogP contribution in [-0.2, 0) is 13.0 Å². The van der Waals surface area contributed by atoms with Crippen LogP contribution in [0.4, 0.5) is 8.78 Å². The first-order valence-corrected chi connectivity index (χ1v) is 9.10. The van der Waals surface area contributed by atoms with Gasteiger partial charge in [0, 0.05) is 25.3 Å². The van der Waals surface area contributed by atoms with Crippen LogP contribution < -0.4 is 9.61 Å². The van der Waals surface area contributed by atoms with Crippen molar-refractivity contribution in [2.75, 3.05) is 6.61 Å². The predicted octanol–water partition coefficient (Wildman–Crippen LogP) is 4.32. The van der Waals surface area contributed by atoms with Gasteiger partial charge in [-0.1, -0.05) is 23.5 Å². The van der Waals surface area contributed by atoms with E-state index in [9.17, 15) is 13.6 Å². The maximum absolute atomic E-state index is 13.2. The van der Waals surface area contributed by atoms with Crippen LogP contribution >= 0.6 is 11.3 Å². The van der Waals surface area contributed by atoms with Crippen LogP contribution in [0.25, 0.3) is 21.3 Å². The lowest BCUT2D eigenvalue weighted by Crippen LogP contribution is -2.15. The summed E-state index contributed by atoms with van der Waals surface area (Å²) >= 11 is 1.12. The van der Waals surface area contributed by atoms with E-state index in [-0.39, 0.29) is 17.8 Å². The third-order valence-corrected chi connectivity index (χ3v) is 5.99. The zero-order chi connectivity index (χ0) is 17.2. The molecule has 1 aliphatic carbocycles.